The van der Waals surface area contributed by atoms with Gasteiger partial charge in [0, 0.05) is 38.4 Å². The summed E-state index contributed by atoms with van der Waals surface area (Å²) < 4.78 is 0. The lowest BCUT2D eigenvalue weighted by Gasteiger charge is -2.37. The predicted molar refractivity (Wildman–Crippen MR) is 79.4 cm³/mol. The minimum absolute atomic E-state index is 1.04. The van der Waals surface area contributed by atoms with E-state index in [1.54, 1.807) is 0 Å². The molecule has 0 atom stereocenters. The van der Waals surface area contributed by atoms with Gasteiger partial charge in [-0.3, -0.25) is 4.90 Å². The number of hydrogen-bond donors (Lipinski definition) is 0. The second-order valence-corrected chi connectivity index (χ2v) is 5.44. The molecule has 2 rings (SSSR count). The second-order valence-electron chi connectivity index (χ2n) is 5.44. The Morgan fingerprint density at radius 3 is 2.44 bits per heavy atom. The Labute approximate surface area is 111 Å². The standard InChI is InChI=1S/C16H24N2/c1-13(2)12-17-8-10-18(11-9-17)16-7-5-6-14(3)15(16)4/h5-7H,1,8-12H2,2-4H3. The average molecular weight is 244 g/mol. The van der Waals surface area contributed by atoms with Crippen molar-refractivity contribution in [1.82, 2.24) is 4.90 Å². The topological polar surface area (TPSA) is 6.48 Å². The van der Waals surface area contributed by atoms with Crippen LogP contribution in [0.4, 0.5) is 5.69 Å². The van der Waals surface area contributed by atoms with Gasteiger partial charge in [0.1, 0.15) is 0 Å². The van der Waals surface area contributed by atoms with E-state index in [0.29, 0.717) is 0 Å². The van der Waals surface area contributed by atoms with Gasteiger partial charge in [0.2, 0.25) is 0 Å². The van der Waals surface area contributed by atoms with Crippen LogP contribution in [-0.4, -0.2) is 37.6 Å². The van der Waals surface area contributed by atoms with Crippen LogP contribution in [0.5, 0.6) is 0 Å². The first kappa shape index (κ1) is 13.2. The molecule has 1 saturated heterocycles. The van der Waals surface area contributed by atoms with Gasteiger partial charge in [0.25, 0.3) is 0 Å². The Morgan fingerprint density at radius 2 is 1.83 bits per heavy atom. The van der Waals surface area contributed by atoms with Crippen LogP contribution in [0.2, 0.25) is 0 Å². The molecule has 2 heteroatoms. The molecular weight excluding hydrogens is 220 g/mol. The normalized spacial score (nSPS) is 16.9. The molecule has 0 saturated carbocycles. The molecule has 98 valence electrons. The molecule has 1 aliphatic rings. The van der Waals surface area contributed by atoms with Crippen molar-refractivity contribution in [3.63, 3.8) is 0 Å². The number of anilines is 1. The summed E-state index contributed by atoms with van der Waals surface area (Å²) in [5.74, 6) is 0. The van der Waals surface area contributed by atoms with Gasteiger partial charge >= 0.3 is 0 Å². The summed E-state index contributed by atoms with van der Waals surface area (Å²) in [5.41, 5.74) is 5.47. The molecule has 1 aromatic carbocycles. The van der Waals surface area contributed by atoms with Gasteiger partial charge in [0.05, 0.1) is 0 Å². The Morgan fingerprint density at radius 1 is 1.17 bits per heavy atom. The molecule has 1 fully saturated rings. The third kappa shape index (κ3) is 2.94. The Hall–Kier alpha value is -1.28. The number of nitrogens with zero attached hydrogens (tertiary/aromatic N) is 2. The molecule has 0 bridgehead atoms. The van der Waals surface area contributed by atoms with Crippen molar-refractivity contribution in [1.29, 1.82) is 0 Å². The third-order valence-electron chi connectivity index (χ3n) is 3.78. The molecule has 2 nitrogen and oxygen atoms in total. The number of piperazine rings is 1. The number of hydrogen-bond acceptors (Lipinski definition) is 2. The number of benzene rings is 1. The van der Waals surface area contributed by atoms with E-state index in [-0.39, 0.29) is 0 Å². The van der Waals surface area contributed by atoms with Crippen LogP contribution in [0, 0.1) is 13.8 Å². The highest BCUT2D eigenvalue weighted by Gasteiger charge is 2.18. The zero-order chi connectivity index (χ0) is 13.1. The highest BCUT2D eigenvalue weighted by atomic mass is 15.3. The van der Waals surface area contributed by atoms with Crippen LogP contribution in [-0.2, 0) is 0 Å². The van der Waals surface area contributed by atoms with Gasteiger partial charge in [0.15, 0.2) is 0 Å². The van der Waals surface area contributed by atoms with Crippen LogP contribution < -0.4 is 4.90 Å². The van der Waals surface area contributed by atoms with Crippen LogP contribution in [0.1, 0.15) is 18.1 Å². The largest absolute Gasteiger partial charge is 0.369 e. The molecule has 0 unspecified atom stereocenters. The summed E-state index contributed by atoms with van der Waals surface area (Å²) >= 11 is 0. The lowest BCUT2D eigenvalue weighted by Crippen LogP contribution is -2.47. The Bertz CT molecular complexity index is 429. The smallest absolute Gasteiger partial charge is 0.0399 e. The van der Waals surface area contributed by atoms with Crippen molar-refractivity contribution in [3.05, 3.63) is 41.5 Å². The highest BCUT2D eigenvalue weighted by Crippen LogP contribution is 2.23. The minimum atomic E-state index is 1.04. The maximum Gasteiger partial charge on any atom is 0.0399 e. The molecule has 0 amide bonds. The molecule has 0 spiro atoms. The fourth-order valence-corrected chi connectivity index (χ4v) is 2.61. The highest BCUT2D eigenvalue weighted by molar-refractivity contribution is 5.56. The number of aryl methyl sites for hydroxylation is 1. The first-order valence-electron chi connectivity index (χ1n) is 6.76. The molecular formula is C16H24N2. The van der Waals surface area contributed by atoms with Crippen LogP contribution in [0.3, 0.4) is 0 Å². The SMILES string of the molecule is C=C(C)CN1CCN(c2cccc(C)c2C)CC1. The average Bonchev–Trinajstić information content (AvgIpc) is 2.33. The van der Waals surface area contributed by atoms with Crippen molar-refractivity contribution in [2.75, 3.05) is 37.6 Å². The van der Waals surface area contributed by atoms with E-state index in [1.165, 1.54) is 22.4 Å². The maximum atomic E-state index is 4.00. The molecule has 0 aromatic heterocycles. The van der Waals surface area contributed by atoms with Gasteiger partial charge in [-0.25, -0.2) is 0 Å². The van der Waals surface area contributed by atoms with Gasteiger partial charge < -0.3 is 4.90 Å². The fourth-order valence-electron chi connectivity index (χ4n) is 2.61. The van der Waals surface area contributed by atoms with Crippen molar-refractivity contribution < 1.29 is 0 Å². The van der Waals surface area contributed by atoms with E-state index in [1.807, 2.05) is 0 Å². The number of rotatable bonds is 3. The van der Waals surface area contributed by atoms with Crippen molar-refractivity contribution in [3.8, 4) is 0 Å². The molecule has 0 N–H and O–H groups in total. The molecule has 1 heterocycles. The molecule has 18 heavy (non-hydrogen) atoms. The lowest BCUT2D eigenvalue weighted by molar-refractivity contribution is 0.278. The van der Waals surface area contributed by atoms with E-state index < -0.39 is 0 Å². The maximum absolute atomic E-state index is 4.00. The van der Waals surface area contributed by atoms with Crippen LogP contribution in [0.15, 0.2) is 30.4 Å². The zero-order valence-electron chi connectivity index (χ0n) is 11.9. The fraction of sp³-hybridized carbons (Fsp3) is 0.500. The molecule has 1 aromatic rings. The van der Waals surface area contributed by atoms with Gasteiger partial charge in [-0.15, -0.1) is 0 Å². The van der Waals surface area contributed by atoms with Crippen LogP contribution in [0.25, 0.3) is 0 Å². The zero-order valence-corrected chi connectivity index (χ0v) is 11.9. The summed E-state index contributed by atoms with van der Waals surface area (Å²) in [6.45, 7) is 16.1. The van der Waals surface area contributed by atoms with Crippen molar-refractivity contribution in [2.45, 2.75) is 20.8 Å². The summed E-state index contributed by atoms with van der Waals surface area (Å²) in [5, 5.41) is 0. The monoisotopic (exact) mass is 244 g/mol. The molecule has 0 radical (unpaired) electrons. The van der Waals surface area contributed by atoms with Gasteiger partial charge in [-0.2, -0.15) is 0 Å². The first-order chi connectivity index (χ1) is 8.58. The molecule has 0 aliphatic carbocycles. The first-order valence-corrected chi connectivity index (χ1v) is 6.76. The Balaban J connectivity index is 2.01. The van der Waals surface area contributed by atoms with Crippen molar-refractivity contribution in [2.24, 2.45) is 0 Å². The van der Waals surface area contributed by atoms with E-state index in [4.69, 9.17) is 0 Å². The summed E-state index contributed by atoms with van der Waals surface area (Å²) in [4.78, 5) is 5.00. The quantitative estimate of drug-likeness (QED) is 0.754. The third-order valence-corrected chi connectivity index (χ3v) is 3.78. The molecule has 1 aliphatic heterocycles. The second kappa shape index (κ2) is 5.57. The van der Waals surface area contributed by atoms with Gasteiger partial charge in [-0.05, 0) is 38.0 Å². The summed E-state index contributed by atoms with van der Waals surface area (Å²) in [7, 11) is 0. The summed E-state index contributed by atoms with van der Waals surface area (Å²) in [6, 6.07) is 6.60. The lowest BCUT2D eigenvalue weighted by atomic mass is 10.1. The van der Waals surface area contributed by atoms with E-state index in [2.05, 4.69) is 55.3 Å². The minimum Gasteiger partial charge on any atom is -0.369 e. The van der Waals surface area contributed by atoms with Gasteiger partial charge in [-0.1, -0.05) is 24.3 Å². The Kier molecular flexibility index (Phi) is 4.07. The van der Waals surface area contributed by atoms with E-state index in [0.717, 1.165) is 32.7 Å². The van der Waals surface area contributed by atoms with E-state index in [9.17, 15) is 0 Å². The summed E-state index contributed by atoms with van der Waals surface area (Å²) in [6.07, 6.45) is 0. The predicted octanol–water partition coefficient (Wildman–Crippen LogP) is 3.00. The van der Waals surface area contributed by atoms with Crippen molar-refractivity contribution >= 4 is 5.69 Å². The van der Waals surface area contributed by atoms with E-state index >= 15 is 0 Å². The van der Waals surface area contributed by atoms with Crippen LogP contribution >= 0.6 is 0 Å².